The summed E-state index contributed by atoms with van der Waals surface area (Å²) in [5.41, 5.74) is 0. The Labute approximate surface area is 84.3 Å². The van der Waals surface area contributed by atoms with Gasteiger partial charge < -0.3 is 4.55 Å². The predicted molar refractivity (Wildman–Crippen MR) is 17.8 cm³/mol. The molecule has 0 aromatic heterocycles. The minimum absolute atomic E-state index is 0. The standard InChI is InChI=1S/C2H2O2S.W.Y/c1-2-5(3)4;;/h1H,(H,3,4);;/p-1. The Morgan fingerprint density at radius 3 is 1.86 bits per heavy atom. The van der Waals surface area contributed by atoms with Gasteiger partial charge >= 0.3 is 0 Å². The van der Waals surface area contributed by atoms with Gasteiger partial charge in [0, 0.05) is 64.9 Å². The molecule has 7 heavy (non-hydrogen) atoms. The van der Waals surface area contributed by atoms with E-state index in [0.717, 1.165) is 0 Å². The maximum Gasteiger partial charge on any atom is 0.0244 e. The molecule has 0 bridgehead atoms. The van der Waals surface area contributed by atoms with Crippen molar-refractivity contribution in [2.45, 2.75) is 0 Å². The molecule has 0 aromatic rings. The van der Waals surface area contributed by atoms with Gasteiger partial charge in [-0.3, -0.25) is 4.21 Å². The Morgan fingerprint density at radius 1 is 1.71 bits per heavy atom. The summed E-state index contributed by atoms with van der Waals surface area (Å²) >= 11 is -2.29. The Balaban J connectivity index is -0.0000000800. The van der Waals surface area contributed by atoms with E-state index in [-0.39, 0.29) is 53.8 Å². The average molecular weight is 362 g/mol. The van der Waals surface area contributed by atoms with Gasteiger partial charge in [-0.15, -0.1) is 6.42 Å². The van der Waals surface area contributed by atoms with Crippen LogP contribution in [0.4, 0.5) is 0 Å². The largest absolute Gasteiger partial charge is 0.762 e. The fourth-order valence-electron chi connectivity index (χ4n) is 0. The van der Waals surface area contributed by atoms with Gasteiger partial charge in [-0.1, -0.05) is 0 Å². The Bertz CT molecular complexity index is 88.2. The van der Waals surface area contributed by atoms with E-state index in [0.29, 0.717) is 0 Å². The van der Waals surface area contributed by atoms with E-state index in [1.54, 1.807) is 0 Å². The van der Waals surface area contributed by atoms with Gasteiger partial charge in [-0.2, -0.15) is 0 Å². The van der Waals surface area contributed by atoms with Crippen LogP contribution in [0.25, 0.3) is 0 Å². The zero-order chi connectivity index (χ0) is 4.28. The molecule has 1 atom stereocenters. The van der Waals surface area contributed by atoms with Crippen LogP contribution in [0.1, 0.15) is 0 Å². The van der Waals surface area contributed by atoms with Gasteiger partial charge in [-0.25, -0.2) is 0 Å². The molecular formula is C2HO2SWY-. The molecule has 0 heterocycles. The molecule has 0 saturated carbocycles. The zero-order valence-corrected chi connectivity index (χ0v) is 9.88. The van der Waals surface area contributed by atoms with Crippen LogP contribution < -0.4 is 0 Å². The summed E-state index contributed by atoms with van der Waals surface area (Å²) in [6.07, 6.45) is 4.31. The summed E-state index contributed by atoms with van der Waals surface area (Å²) in [6.45, 7) is 0. The second-order valence-corrected chi connectivity index (χ2v) is 1.06. The van der Waals surface area contributed by atoms with Crippen LogP contribution in [-0.4, -0.2) is 8.76 Å². The van der Waals surface area contributed by atoms with Crippen LogP contribution in [0.3, 0.4) is 0 Å². The van der Waals surface area contributed by atoms with Gasteiger partial charge in [0.1, 0.15) is 0 Å². The Kier molecular flexibility index (Phi) is 23.6. The molecule has 37 valence electrons. The molecule has 5 heteroatoms. The third kappa shape index (κ3) is 18.6. The fourth-order valence-corrected chi connectivity index (χ4v) is 0. The van der Waals surface area contributed by atoms with E-state index < -0.39 is 11.1 Å². The summed E-state index contributed by atoms with van der Waals surface area (Å²) in [4.78, 5) is 0. The van der Waals surface area contributed by atoms with E-state index in [1.165, 1.54) is 5.25 Å². The van der Waals surface area contributed by atoms with Crippen molar-refractivity contribution in [3.63, 3.8) is 0 Å². The second-order valence-electron chi connectivity index (χ2n) is 0.353. The van der Waals surface area contributed by atoms with Crippen LogP contribution in [0.15, 0.2) is 0 Å². The van der Waals surface area contributed by atoms with E-state index in [9.17, 15) is 0 Å². The summed E-state index contributed by atoms with van der Waals surface area (Å²) < 4.78 is 18.3. The molecule has 0 N–H and O–H groups in total. The van der Waals surface area contributed by atoms with Crippen molar-refractivity contribution < 1.29 is 62.5 Å². The van der Waals surface area contributed by atoms with E-state index in [4.69, 9.17) is 8.76 Å². The molecule has 1 radical (unpaired) electrons. The maximum absolute atomic E-state index is 9.13. The Hall–Kier alpha value is 1.46. The zero-order valence-electron chi connectivity index (χ0n) is 3.29. The molecule has 0 aromatic carbocycles. The molecule has 0 rings (SSSR count). The van der Waals surface area contributed by atoms with Crippen molar-refractivity contribution in [1.82, 2.24) is 0 Å². The number of terminal acetylenes is 1. The first kappa shape index (κ1) is 15.8. The molecule has 0 fully saturated rings. The van der Waals surface area contributed by atoms with Gasteiger partial charge in [0.2, 0.25) is 0 Å². The minimum atomic E-state index is -2.29. The van der Waals surface area contributed by atoms with Gasteiger partial charge in [0.05, 0.1) is 0 Å². The van der Waals surface area contributed by atoms with Crippen LogP contribution in [0.5, 0.6) is 0 Å². The van der Waals surface area contributed by atoms with Crippen molar-refractivity contribution in [2.75, 3.05) is 0 Å². The topological polar surface area (TPSA) is 40.1 Å². The van der Waals surface area contributed by atoms with E-state index >= 15 is 0 Å². The van der Waals surface area contributed by atoms with Crippen molar-refractivity contribution in [3.05, 3.63) is 0 Å². The van der Waals surface area contributed by atoms with Crippen LogP contribution in [-0.2, 0) is 64.9 Å². The van der Waals surface area contributed by atoms with Crippen molar-refractivity contribution in [1.29, 1.82) is 0 Å². The normalized spacial score (nSPS) is 9.14. The van der Waals surface area contributed by atoms with Gasteiger partial charge in [0.15, 0.2) is 0 Å². The molecule has 0 aliphatic heterocycles. The number of hydrogen-bond donors (Lipinski definition) is 0. The fraction of sp³-hybridized carbons (Fsp3) is 0. The smallest absolute Gasteiger partial charge is 0.0244 e. The third-order valence-corrected chi connectivity index (χ3v) is 0.289. The van der Waals surface area contributed by atoms with Gasteiger partial charge in [-0.05, 0) is 5.25 Å². The van der Waals surface area contributed by atoms with Crippen molar-refractivity contribution >= 4 is 11.1 Å². The number of hydrogen-bond acceptors (Lipinski definition) is 2. The van der Waals surface area contributed by atoms with Crippen LogP contribution in [0, 0.1) is 11.7 Å². The summed E-state index contributed by atoms with van der Waals surface area (Å²) in [7, 11) is 0. The Morgan fingerprint density at radius 2 is 1.86 bits per heavy atom. The first-order valence-corrected chi connectivity index (χ1v) is 1.90. The third-order valence-electron chi connectivity index (χ3n) is 0.0962. The van der Waals surface area contributed by atoms with Crippen LogP contribution in [0.2, 0.25) is 0 Å². The van der Waals surface area contributed by atoms with E-state index in [2.05, 4.69) is 6.42 Å². The summed E-state index contributed by atoms with van der Waals surface area (Å²) in [6, 6.07) is 0. The average Bonchev–Trinajstić information content (AvgIpc) is 1.38. The van der Waals surface area contributed by atoms with Gasteiger partial charge in [0.25, 0.3) is 0 Å². The number of rotatable bonds is 0. The first-order valence-electron chi connectivity index (χ1n) is 0.826. The van der Waals surface area contributed by atoms with Crippen molar-refractivity contribution in [2.24, 2.45) is 0 Å². The molecule has 0 aliphatic carbocycles. The quantitative estimate of drug-likeness (QED) is 0.429. The first-order chi connectivity index (χ1) is 2.27. The molecule has 2 nitrogen and oxygen atoms in total. The summed E-state index contributed by atoms with van der Waals surface area (Å²) in [5.74, 6) is 0. The van der Waals surface area contributed by atoms with Crippen molar-refractivity contribution in [3.8, 4) is 11.7 Å². The minimum Gasteiger partial charge on any atom is -0.762 e. The van der Waals surface area contributed by atoms with Crippen LogP contribution >= 0.6 is 0 Å². The summed E-state index contributed by atoms with van der Waals surface area (Å²) in [5, 5.41) is 1.44. The van der Waals surface area contributed by atoms with E-state index in [1.807, 2.05) is 0 Å². The molecular weight excluding hydrogens is 361 g/mol. The molecule has 0 aliphatic rings. The molecule has 0 spiro atoms. The molecule has 0 amide bonds. The maximum atomic E-state index is 9.13. The second kappa shape index (κ2) is 10.4. The SMILES string of the molecule is C#CS(=O)[O-].[W].[Y]. The monoisotopic (exact) mass is 362 g/mol. The molecule has 0 saturated heterocycles. The predicted octanol–water partition coefficient (Wildman–Crippen LogP) is -0.549. The molecule has 1 unspecified atom stereocenters.